The van der Waals surface area contributed by atoms with E-state index in [4.69, 9.17) is 19.3 Å². The normalized spacial score (nSPS) is 19.1. The molecule has 0 radical (unpaired) electrons. The molecule has 0 saturated carbocycles. The minimum atomic E-state index is -3.84. The van der Waals surface area contributed by atoms with Crippen LogP contribution >= 0.6 is 11.8 Å². The van der Waals surface area contributed by atoms with Crippen LogP contribution in [0.1, 0.15) is 12.5 Å². The average molecular weight is 439 g/mol. The Morgan fingerprint density at radius 1 is 1.14 bits per heavy atom. The summed E-state index contributed by atoms with van der Waals surface area (Å²) in [5.74, 6) is 2.62. The average Bonchev–Trinajstić information content (AvgIpc) is 3.14. The van der Waals surface area contributed by atoms with Crippen LogP contribution in [-0.4, -0.2) is 45.9 Å². The second-order valence-electron chi connectivity index (χ2n) is 6.61. The lowest BCUT2D eigenvalue weighted by Gasteiger charge is -2.16. The monoisotopic (exact) mass is 438 g/mol. The molecule has 9 heteroatoms. The van der Waals surface area contributed by atoms with Gasteiger partial charge in [0.25, 0.3) is 0 Å². The van der Waals surface area contributed by atoms with Crippen molar-refractivity contribution in [2.45, 2.75) is 29.7 Å². The minimum Gasteiger partial charge on any atom is -0.495 e. The predicted octanol–water partition coefficient (Wildman–Crippen LogP) is 2.39. The van der Waals surface area contributed by atoms with Crippen LogP contribution in [0.25, 0.3) is 0 Å². The van der Waals surface area contributed by atoms with Gasteiger partial charge in [0, 0.05) is 11.8 Å². The Kier molecular flexibility index (Phi) is 7.28. The van der Waals surface area contributed by atoms with Crippen molar-refractivity contribution >= 4 is 21.8 Å². The van der Waals surface area contributed by atoms with E-state index in [2.05, 4.69) is 5.32 Å². The number of ether oxygens (including phenoxy) is 3. The zero-order valence-electron chi connectivity index (χ0n) is 16.5. The van der Waals surface area contributed by atoms with Crippen LogP contribution in [0.2, 0.25) is 0 Å². The van der Waals surface area contributed by atoms with Crippen LogP contribution in [0.5, 0.6) is 17.2 Å². The predicted molar refractivity (Wildman–Crippen MR) is 114 cm³/mol. The fraction of sp³-hybridized carbons (Fsp3) is 0.400. The SMILES string of the molecule is CCOc1ccccc1OCC1NC(Cc2ccc(OC)c(S(N)(=O)=O)c2)CS1. The number of hydrogen-bond donors (Lipinski definition) is 2. The highest BCUT2D eigenvalue weighted by Crippen LogP contribution is 2.29. The van der Waals surface area contributed by atoms with Gasteiger partial charge in [0.2, 0.25) is 10.0 Å². The molecule has 0 spiro atoms. The minimum absolute atomic E-state index is 0.00978. The summed E-state index contributed by atoms with van der Waals surface area (Å²) >= 11 is 1.78. The topological polar surface area (TPSA) is 99.9 Å². The van der Waals surface area contributed by atoms with Gasteiger partial charge in [-0.3, -0.25) is 5.32 Å². The Bertz CT molecular complexity index is 936. The van der Waals surface area contributed by atoms with E-state index >= 15 is 0 Å². The number of methoxy groups -OCH3 is 1. The molecule has 1 fully saturated rings. The van der Waals surface area contributed by atoms with E-state index in [0.717, 1.165) is 22.8 Å². The molecule has 29 heavy (non-hydrogen) atoms. The molecule has 158 valence electrons. The molecule has 2 unspecified atom stereocenters. The molecular weight excluding hydrogens is 412 g/mol. The molecule has 3 N–H and O–H groups in total. The summed E-state index contributed by atoms with van der Waals surface area (Å²) in [5.41, 5.74) is 0.885. The standard InChI is InChI=1S/C20H26N2O5S2/c1-3-26-16-6-4-5-7-17(16)27-12-20-22-15(13-28-20)10-14-8-9-18(25-2)19(11-14)29(21,23)24/h4-9,11,15,20,22H,3,10,12-13H2,1-2H3,(H2,21,23,24). The third-order valence-corrected chi connectivity index (χ3v) is 6.68. The molecule has 0 bridgehead atoms. The van der Waals surface area contributed by atoms with Gasteiger partial charge in [-0.25, -0.2) is 13.6 Å². The molecule has 1 aliphatic rings. The Hall–Kier alpha value is -1.94. The number of nitrogens with two attached hydrogens (primary N) is 1. The van der Waals surface area contributed by atoms with Crippen LogP contribution in [0, 0.1) is 0 Å². The van der Waals surface area contributed by atoms with Gasteiger partial charge in [0.05, 0.1) is 19.1 Å². The van der Waals surface area contributed by atoms with Crippen LogP contribution in [0.15, 0.2) is 47.4 Å². The van der Waals surface area contributed by atoms with E-state index in [1.807, 2.05) is 37.3 Å². The number of sulfonamides is 1. The number of primary sulfonamides is 1. The highest BCUT2D eigenvalue weighted by Gasteiger charge is 2.26. The lowest BCUT2D eigenvalue weighted by atomic mass is 10.1. The molecule has 0 aliphatic carbocycles. The quantitative estimate of drug-likeness (QED) is 0.620. The van der Waals surface area contributed by atoms with Gasteiger partial charge in [0.1, 0.15) is 17.3 Å². The summed E-state index contributed by atoms with van der Waals surface area (Å²) in [4.78, 5) is 0.00978. The van der Waals surface area contributed by atoms with Crippen LogP contribution in [0.3, 0.4) is 0 Å². The molecule has 0 amide bonds. The maximum atomic E-state index is 11.8. The largest absolute Gasteiger partial charge is 0.495 e. The first-order valence-corrected chi connectivity index (χ1v) is 11.9. The molecule has 2 aromatic rings. The zero-order valence-corrected chi connectivity index (χ0v) is 18.1. The van der Waals surface area contributed by atoms with Crippen molar-refractivity contribution in [3.63, 3.8) is 0 Å². The van der Waals surface area contributed by atoms with Gasteiger partial charge in [-0.1, -0.05) is 18.2 Å². The fourth-order valence-electron chi connectivity index (χ4n) is 3.17. The lowest BCUT2D eigenvalue weighted by Crippen LogP contribution is -2.34. The first-order chi connectivity index (χ1) is 13.9. The Morgan fingerprint density at radius 2 is 1.86 bits per heavy atom. The summed E-state index contributed by atoms with van der Waals surface area (Å²) in [5, 5.41) is 8.98. The summed E-state index contributed by atoms with van der Waals surface area (Å²) in [6, 6.07) is 12.9. The molecule has 1 aliphatic heterocycles. The van der Waals surface area contributed by atoms with E-state index in [-0.39, 0.29) is 22.1 Å². The molecular formula is C20H26N2O5S2. The third kappa shape index (κ3) is 5.79. The van der Waals surface area contributed by atoms with Gasteiger partial charge in [-0.2, -0.15) is 0 Å². The highest BCUT2D eigenvalue weighted by molar-refractivity contribution is 8.00. The van der Waals surface area contributed by atoms with Gasteiger partial charge in [0.15, 0.2) is 11.5 Å². The molecule has 0 aromatic heterocycles. The number of benzene rings is 2. The summed E-state index contributed by atoms with van der Waals surface area (Å²) in [7, 11) is -2.42. The summed E-state index contributed by atoms with van der Waals surface area (Å²) < 4.78 is 40.2. The van der Waals surface area contributed by atoms with Crippen LogP contribution in [-0.2, 0) is 16.4 Å². The third-order valence-electron chi connectivity index (χ3n) is 4.48. The van der Waals surface area contributed by atoms with Gasteiger partial charge in [-0.15, -0.1) is 11.8 Å². The van der Waals surface area contributed by atoms with Crippen LogP contribution in [0.4, 0.5) is 0 Å². The first-order valence-electron chi connectivity index (χ1n) is 9.32. The van der Waals surface area contributed by atoms with E-state index < -0.39 is 10.0 Å². The van der Waals surface area contributed by atoms with E-state index in [1.165, 1.54) is 7.11 Å². The Balaban J connectivity index is 1.58. The number of rotatable bonds is 9. The van der Waals surface area contributed by atoms with E-state index in [0.29, 0.717) is 19.6 Å². The number of nitrogens with one attached hydrogen (secondary N) is 1. The van der Waals surface area contributed by atoms with E-state index in [9.17, 15) is 8.42 Å². The van der Waals surface area contributed by atoms with Crippen molar-refractivity contribution in [2.24, 2.45) is 5.14 Å². The molecule has 1 heterocycles. The number of thioether (sulfide) groups is 1. The van der Waals surface area contributed by atoms with Crippen molar-refractivity contribution < 1.29 is 22.6 Å². The lowest BCUT2D eigenvalue weighted by molar-refractivity contribution is 0.268. The molecule has 2 aromatic carbocycles. The Morgan fingerprint density at radius 3 is 2.52 bits per heavy atom. The highest BCUT2D eigenvalue weighted by atomic mass is 32.2. The second kappa shape index (κ2) is 9.71. The van der Waals surface area contributed by atoms with Crippen molar-refractivity contribution in [1.29, 1.82) is 0 Å². The maximum absolute atomic E-state index is 11.8. The fourth-order valence-corrected chi connectivity index (χ4v) is 5.05. The van der Waals surface area contributed by atoms with Crippen molar-refractivity contribution in [1.82, 2.24) is 5.32 Å². The van der Waals surface area contributed by atoms with Crippen molar-refractivity contribution in [3.8, 4) is 17.2 Å². The molecule has 2 atom stereocenters. The second-order valence-corrected chi connectivity index (χ2v) is 9.38. The van der Waals surface area contributed by atoms with Crippen molar-refractivity contribution in [2.75, 3.05) is 26.1 Å². The van der Waals surface area contributed by atoms with Crippen molar-refractivity contribution in [3.05, 3.63) is 48.0 Å². The molecule has 3 rings (SSSR count). The maximum Gasteiger partial charge on any atom is 0.241 e. The number of para-hydroxylation sites is 2. The summed E-state index contributed by atoms with van der Waals surface area (Å²) in [6.07, 6.45) is 0.686. The molecule has 7 nitrogen and oxygen atoms in total. The summed E-state index contributed by atoms with van der Waals surface area (Å²) in [6.45, 7) is 3.04. The Labute approximate surface area is 176 Å². The van der Waals surface area contributed by atoms with Gasteiger partial charge in [-0.05, 0) is 43.2 Å². The van der Waals surface area contributed by atoms with E-state index in [1.54, 1.807) is 23.9 Å². The first kappa shape index (κ1) is 21.8. The zero-order chi connectivity index (χ0) is 20.9. The van der Waals surface area contributed by atoms with Crippen LogP contribution < -0.4 is 24.7 Å². The smallest absolute Gasteiger partial charge is 0.241 e. The van der Waals surface area contributed by atoms with Gasteiger partial charge < -0.3 is 14.2 Å². The number of hydrogen-bond acceptors (Lipinski definition) is 7. The van der Waals surface area contributed by atoms with Gasteiger partial charge >= 0.3 is 0 Å². The molecule has 1 saturated heterocycles.